The third-order valence-corrected chi connectivity index (χ3v) is 3.62. The lowest BCUT2D eigenvalue weighted by molar-refractivity contribution is 0.0378. The van der Waals surface area contributed by atoms with Crippen molar-refractivity contribution in [3.05, 3.63) is 17.0 Å². The first-order valence-corrected chi connectivity index (χ1v) is 7.22. The Morgan fingerprint density at radius 1 is 1.37 bits per heavy atom. The highest BCUT2D eigenvalue weighted by Gasteiger charge is 2.10. The van der Waals surface area contributed by atoms with E-state index in [9.17, 15) is 0 Å². The summed E-state index contributed by atoms with van der Waals surface area (Å²) in [5.41, 5.74) is 0.996. The number of aromatic nitrogens is 2. The molecule has 0 amide bonds. The standard InChI is InChI=1S/C13H21ClN4O/c1-2-11-12(14)16-10-17-13(11)15-4-3-5-18-6-8-19-9-7-18/h10H,2-9H2,1H3,(H,15,16,17). The van der Waals surface area contributed by atoms with E-state index in [1.807, 2.05) is 0 Å². The fourth-order valence-electron chi connectivity index (χ4n) is 2.19. The molecule has 0 atom stereocenters. The minimum Gasteiger partial charge on any atom is -0.379 e. The van der Waals surface area contributed by atoms with Gasteiger partial charge in [-0.2, -0.15) is 0 Å². The van der Waals surface area contributed by atoms with E-state index in [0.717, 1.165) is 63.6 Å². The van der Waals surface area contributed by atoms with Gasteiger partial charge in [0.15, 0.2) is 0 Å². The van der Waals surface area contributed by atoms with Crippen LogP contribution in [0.5, 0.6) is 0 Å². The third-order valence-electron chi connectivity index (χ3n) is 3.29. The van der Waals surface area contributed by atoms with Crippen molar-refractivity contribution in [2.24, 2.45) is 0 Å². The zero-order chi connectivity index (χ0) is 13.5. The zero-order valence-electron chi connectivity index (χ0n) is 11.4. The summed E-state index contributed by atoms with van der Waals surface area (Å²) in [6.45, 7) is 7.85. The monoisotopic (exact) mass is 284 g/mol. The van der Waals surface area contributed by atoms with Crippen LogP contribution in [-0.2, 0) is 11.2 Å². The van der Waals surface area contributed by atoms with Crippen LogP contribution in [0.25, 0.3) is 0 Å². The van der Waals surface area contributed by atoms with Crippen LogP contribution in [0.1, 0.15) is 18.9 Å². The largest absolute Gasteiger partial charge is 0.379 e. The van der Waals surface area contributed by atoms with Gasteiger partial charge in [-0.15, -0.1) is 0 Å². The molecule has 2 heterocycles. The topological polar surface area (TPSA) is 50.3 Å². The molecule has 1 fully saturated rings. The highest BCUT2D eigenvalue weighted by Crippen LogP contribution is 2.19. The Hall–Kier alpha value is -0.910. The van der Waals surface area contributed by atoms with Gasteiger partial charge in [-0.1, -0.05) is 18.5 Å². The van der Waals surface area contributed by atoms with Crippen LogP contribution in [0.2, 0.25) is 5.15 Å². The van der Waals surface area contributed by atoms with Crippen LogP contribution in [0.3, 0.4) is 0 Å². The number of hydrogen-bond donors (Lipinski definition) is 1. The first kappa shape index (κ1) is 14.5. The van der Waals surface area contributed by atoms with Crippen LogP contribution in [0, 0.1) is 0 Å². The van der Waals surface area contributed by atoms with Crippen LogP contribution in [0.15, 0.2) is 6.33 Å². The zero-order valence-corrected chi connectivity index (χ0v) is 12.1. The van der Waals surface area contributed by atoms with E-state index < -0.39 is 0 Å². The maximum atomic E-state index is 6.05. The number of nitrogens with zero attached hydrogens (tertiary/aromatic N) is 3. The first-order chi connectivity index (χ1) is 9.31. The Morgan fingerprint density at radius 2 is 2.16 bits per heavy atom. The SMILES string of the molecule is CCc1c(Cl)ncnc1NCCCN1CCOCC1. The molecule has 0 unspecified atom stereocenters. The van der Waals surface area contributed by atoms with Crippen molar-refractivity contribution >= 4 is 17.4 Å². The van der Waals surface area contributed by atoms with E-state index in [2.05, 4.69) is 27.1 Å². The summed E-state index contributed by atoms with van der Waals surface area (Å²) in [7, 11) is 0. The van der Waals surface area contributed by atoms with Gasteiger partial charge in [0.2, 0.25) is 0 Å². The van der Waals surface area contributed by atoms with Crippen molar-refractivity contribution in [3.63, 3.8) is 0 Å². The second-order valence-corrected chi connectivity index (χ2v) is 4.94. The Balaban J connectivity index is 1.74. The number of rotatable bonds is 6. The Bertz CT molecular complexity index is 396. The number of nitrogens with one attached hydrogen (secondary N) is 1. The molecule has 106 valence electrons. The first-order valence-electron chi connectivity index (χ1n) is 6.84. The molecular weight excluding hydrogens is 264 g/mol. The van der Waals surface area contributed by atoms with Gasteiger partial charge in [-0.25, -0.2) is 9.97 Å². The molecule has 0 saturated carbocycles. The molecule has 1 N–H and O–H groups in total. The summed E-state index contributed by atoms with van der Waals surface area (Å²) >= 11 is 6.05. The summed E-state index contributed by atoms with van der Waals surface area (Å²) in [5.74, 6) is 0.865. The molecule has 0 bridgehead atoms. The lowest BCUT2D eigenvalue weighted by Gasteiger charge is -2.26. The average molecular weight is 285 g/mol. The van der Waals surface area contributed by atoms with Crippen LogP contribution in [0.4, 0.5) is 5.82 Å². The molecular formula is C13H21ClN4O. The van der Waals surface area contributed by atoms with Crippen LogP contribution < -0.4 is 5.32 Å². The van der Waals surface area contributed by atoms with E-state index in [-0.39, 0.29) is 0 Å². The summed E-state index contributed by atoms with van der Waals surface area (Å²) in [6.07, 6.45) is 3.43. The predicted octanol–water partition coefficient (Wildman–Crippen LogP) is 1.83. The molecule has 1 aromatic rings. The summed E-state index contributed by atoms with van der Waals surface area (Å²) in [4.78, 5) is 10.7. The fraction of sp³-hybridized carbons (Fsp3) is 0.692. The molecule has 0 radical (unpaired) electrons. The average Bonchev–Trinajstić information content (AvgIpc) is 2.45. The van der Waals surface area contributed by atoms with Crippen LogP contribution in [-0.4, -0.2) is 54.3 Å². The molecule has 1 saturated heterocycles. The van der Waals surface area contributed by atoms with Gasteiger partial charge in [0.05, 0.1) is 13.2 Å². The van der Waals surface area contributed by atoms with Gasteiger partial charge >= 0.3 is 0 Å². The van der Waals surface area contributed by atoms with Gasteiger partial charge in [0.25, 0.3) is 0 Å². The number of hydrogen-bond acceptors (Lipinski definition) is 5. The predicted molar refractivity (Wildman–Crippen MR) is 76.8 cm³/mol. The van der Waals surface area contributed by atoms with Gasteiger partial charge in [0.1, 0.15) is 17.3 Å². The molecule has 1 aromatic heterocycles. The Labute approximate surface area is 119 Å². The minimum atomic E-state index is 0.549. The maximum absolute atomic E-state index is 6.05. The van der Waals surface area contributed by atoms with Crippen molar-refractivity contribution < 1.29 is 4.74 Å². The van der Waals surface area contributed by atoms with E-state index in [0.29, 0.717) is 5.15 Å². The second kappa shape index (κ2) is 7.62. The summed E-state index contributed by atoms with van der Waals surface area (Å²) < 4.78 is 5.33. The summed E-state index contributed by atoms with van der Waals surface area (Å²) in [5, 5.41) is 3.90. The van der Waals surface area contributed by atoms with Crippen molar-refractivity contribution in [2.75, 3.05) is 44.7 Å². The number of anilines is 1. The molecule has 6 heteroatoms. The van der Waals surface area contributed by atoms with E-state index in [1.165, 1.54) is 6.33 Å². The van der Waals surface area contributed by atoms with E-state index >= 15 is 0 Å². The Morgan fingerprint density at radius 3 is 2.89 bits per heavy atom. The molecule has 1 aliphatic rings. The van der Waals surface area contributed by atoms with Gasteiger partial charge < -0.3 is 10.1 Å². The molecule has 0 aromatic carbocycles. The van der Waals surface area contributed by atoms with Crippen molar-refractivity contribution in [2.45, 2.75) is 19.8 Å². The molecule has 0 aliphatic carbocycles. The number of morpholine rings is 1. The molecule has 5 nitrogen and oxygen atoms in total. The van der Waals surface area contributed by atoms with Crippen molar-refractivity contribution in [3.8, 4) is 0 Å². The number of halogens is 1. The lowest BCUT2D eigenvalue weighted by Crippen LogP contribution is -2.37. The molecule has 19 heavy (non-hydrogen) atoms. The van der Waals surface area contributed by atoms with Crippen molar-refractivity contribution in [1.82, 2.24) is 14.9 Å². The normalized spacial score (nSPS) is 16.5. The second-order valence-electron chi connectivity index (χ2n) is 4.58. The van der Waals surface area contributed by atoms with Gasteiger partial charge in [0, 0.05) is 25.2 Å². The third kappa shape index (κ3) is 4.30. The van der Waals surface area contributed by atoms with E-state index in [4.69, 9.17) is 16.3 Å². The van der Waals surface area contributed by atoms with E-state index in [1.54, 1.807) is 0 Å². The molecule has 0 spiro atoms. The minimum absolute atomic E-state index is 0.549. The van der Waals surface area contributed by atoms with Gasteiger partial charge in [-0.3, -0.25) is 4.90 Å². The molecule has 1 aliphatic heterocycles. The lowest BCUT2D eigenvalue weighted by atomic mass is 10.2. The van der Waals surface area contributed by atoms with Crippen LogP contribution >= 0.6 is 11.6 Å². The quantitative estimate of drug-likeness (QED) is 0.638. The van der Waals surface area contributed by atoms with Crippen molar-refractivity contribution in [1.29, 1.82) is 0 Å². The smallest absolute Gasteiger partial charge is 0.137 e. The summed E-state index contributed by atoms with van der Waals surface area (Å²) in [6, 6.07) is 0. The highest BCUT2D eigenvalue weighted by molar-refractivity contribution is 6.30. The number of ether oxygens (including phenoxy) is 1. The fourth-order valence-corrected chi connectivity index (χ4v) is 2.46. The highest BCUT2D eigenvalue weighted by atomic mass is 35.5. The molecule has 2 rings (SSSR count). The van der Waals surface area contributed by atoms with Gasteiger partial charge in [-0.05, 0) is 19.4 Å². The maximum Gasteiger partial charge on any atom is 0.137 e. The Kier molecular flexibility index (Phi) is 5.82.